The Morgan fingerprint density at radius 2 is 2.00 bits per heavy atom. The SMILES string of the molecule is Cc1ccsc1CCNC(=O)CCCc1nnc2n(C)c(=O)c3sccc3n12. The first-order valence-corrected chi connectivity index (χ1v) is 10.9. The number of fused-ring (bicyclic) bond motifs is 3. The molecular weight excluding hydrogens is 394 g/mol. The Morgan fingerprint density at radius 1 is 1.18 bits per heavy atom. The minimum atomic E-state index is -0.0585. The van der Waals surface area contributed by atoms with Crippen LogP contribution in [-0.4, -0.2) is 31.6 Å². The van der Waals surface area contributed by atoms with E-state index in [-0.39, 0.29) is 11.5 Å². The summed E-state index contributed by atoms with van der Waals surface area (Å²) >= 11 is 3.15. The third-order valence-electron chi connectivity index (χ3n) is 4.84. The van der Waals surface area contributed by atoms with Crippen molar-refractivity contribution in [1.29, 1.82) is 0 Å². The molecule has 1 amide bonds. The Bertz CT molecular complexity index is 1200. The minimum Gasteiger partial charge on any atom is -0.356 e. The van der Waals surface area contributed by atoms with Gasteiger partial charge in [-0.15, -0.1) is 32.9 Å². The van der Waals surface area contributed by atoms with Gasteiger partial charge >= 0.3 is 0 Å². The van der Waals surface area contributed by atoms with Gasteiger partial charge in [0.15, 0.2) is 0 Å². The lowest BCUT2D eigenvalue weighted by atomic mass is 10.2. The van der Waals surface area contributed by atoms with Gasteiger partial charge in [-0.05, 0) is 48.2 Å². The number of thiophene rings is 2. The van der Waals surface area contributed by atoms with Gasteiger partial charge in [0.2, 0.25) is 11.7 Å². The number of carbonyl (C=O) groups is 1. The van der Waals surface area contributed by atoms with Crippen LogP contribution in [-0.2, 0) is 24.7 Å². The lowest BCUT2D eigenvalue weighted by Crippen LogP contribution is -2.25. The molecule has 4 heterocycles. The highest BCUT2D eigenvalue weighted by molar-refractivity contribution is 7.17. The molecule has 28 heavy (non-hydrogen) atoms. The summed E-state index contributed by atoms with van der Waals surface area (Å²) in [6.07, 6.45) is 2.62. The molecule has 0 saturated heterocycles. The van der Waals surface area contributed by atoms with Crippen LogP contribution in [0.5, 0.6) is 0 Å². The molecule has 4 rings (SSSR count). The molecule has 0 unspecified atom stereocenters. The Labute approximate surface area is 169 Å². The van der Waals surface area contributed by atoms with Crippen molar-refractivity contribution >= 4 is 44.6 Å². The lowest BCUT2D eigenvalue weighted by molar-refractivity contribution is -0.121. The van der Waals surface area contributed by atoms with Gasteiger partial charge in [0.1, 0.15) is 10.5 Å². The van der Waals surface area contributed by atoms with Crippen molar-refractivity contribution < 1.29 is 4.79 Å². The van der Waals surface area contributed by atoms with Gasteiger partial charge in [-0.1, -0.05) is 0 Å². The van der Waals surface area contributed by atoms with Crippen LogP contribution in [0.4, 0.5) is 0 Å². The Kier molecular flexibility index (Phi) is 5.27. The molecule has 4 aromatic heterocycles. The van der Waals surface area contributed by atoms with E-state index in [2.05, 4.69) is 33.9 Å². The molecule has 0 spiro atoms. The number of nitrogens with zero attached hydrogens (tertiary/aromatic N) is 4. The predicted molar refractivity (Wildman–Crippen MR) is 112 cm³/mol. The van der Waals surface area contributed by atoms with Crippen molar-refractivity contribution in [3.63, 3.8) is 0 Å². The van der Waals surface area contributed by atoms with Crippen molar-refractivity contribution in [3.8, 4) is 0 Å². The standard InChI is InChI=1S/C19H21N5O2S2/c1-12-7-10-27-14(12)6-9-20-16(25)5-3-4-15-21-22-19-23(2)18(26)17-13(24(15)19)8-11-28-17/h7-8,10-11H,3-6,9H2,1-2H3,(H,20,25). The van der Waals surface area contributed by atoms with Crippen LogP contribution in [0.1, 0.15) is 29.1 Å². The third-order valence-corrected chi connectivity index (χ3v) is 6.82. The quantitative estimate of drug-likeness (QED) is 0.503. The summed E-state index contributed by atoms with van der Waals surface area (Å²) in [5.41, 5.74) is 2.06. The van der Waals surface area contributed by atoms with Crippen molar-refractivity contribution in [2.45, 2.75) is 32.6 Å². The zero-order chi connectivity index (χ0) is 19.7. The Balaban J connectivity index is 1.38. The first-order valence-electron chi connectivity index (χ1n) is 9.16. The van der Waals surface area contributed by atoms with Crippen LogP contribution < -0.4 is 10.9 Å². The van der Waals surface area contributed by atoms with Crippen LogP contribution >= 0.6 is 22.7 Å². The summed E-state index contributed by atoms with van der Waals surface area (Å²) in [7, 11) is 1.71. The van der Waals surface area contributed by atoms with E-state index >= 15 is 0 Å². The van der Waals surface area contributed by atoms with Gasteiger partial charge in [0.25, 0.3) is 5.56 Å². The zero-order valence-electron chi connectivity index (χ0n) is 15.8. The normalized spacial score (nSPS) is 11.5. The highest BCUT2D eigenvalue weighted by Crippen LogP contribution is 2.20. The fourth-order valence-electron chi connectivity index (χ4n) is 3.29. The van der Waals surface area contributed by atoms with Crippen LogP contribution in [0.3, 0.4) is 0 Å². The second kappa shape index (κ2) is 7.84. The lowest BCUT2D eigenvalue weighted by Gasteiger charge is -2.06. The van der Waals surface area contributed by atoms with Gasteiger partial charge in [0.05, 0.1) is 5.52 Å². The molecule has 0 radical (unpaired) electrons. The van der Waals surface area contributed by atoms with Gasteiger partial charge in [-0.2, -0.15) is 0 Å². The number of carbonyl (C=O) groups excluding carboxylic acids is 1. The number of nitrogens with one attached hydrogen (secondary N) is 1. The number of hydrogen-bond acceptors (Lipinski definition) is 6. The Hall–Kier alpha value is -2.52. The molecule has 9 heteroatoms. The second-order valence-corrected chi connectivity index (χ2v) is 8.65. The first-order chi connectivity index (χ1) is 13.6. The predicted octanol–water partition coefficient (Wildman–Crippen LogP) is 2.69. The molecule has 0 aliphatic heterocycles. The molecule has 146 valence electrons. The van der Waals surface area contributed by atoms with E-state index in [1.54, 1.807) is 18.4 Å². The van der Waals surface area contributed by atoms with E-state index in [9.17, 15) is 9.59 Å². The fraction of sp³-hybridized carbons (Fsp3) is 0.368. The molecule has 4 aromatic rings. The molecule has 0 atom stereocenters. The average Bonchev–Trinajstić information content (AvgIpc) is 3.40. The van der Waals surface area contributed by atoms with Crippen LogP contribution in [0.25, 0.3) is 16.0 Å². The highest BCUT2D eigenvalue weighted by atomic mass is 32.1. The van der Waals surface area contributed by atoms with Crippen molar-refractivity contribution in [2.24, 2.45) is 7.05 Å². The molecule has 7 nitrogen and oxygen atoms in total. The number of hydrogen-bond donors (Lipinski definition) is 1. The first kappa shape index (κ1) is 18.8. The van der Waals surface area contributed by atoms with Gasteiger partial charge in [0, 0.05) is 31.3 Å². The van der Waals surface area contributed by atoms with Crippen LogP contribution in [0.15, 0.2) is 27.7 Å². The van der Waals surface area contributed by atoms with Gasteiger partial charge < -0.3 is 5.32 Å². The van der Waals surface area contributed by atoms with Gasteiger partial charge in [-0.3, -0.25) is 18.6 Å². The van der Waals surface area contributed by atoms with Crippen molar-refractivity contribution in [2.75, 3.05) is 6.54 Å². The van der Waals surface area contributed by atoms with E-state index in [1.807, 2.05) is 15.8 Å². The molecule has 0 aromatic carbocycles. The maximum Gasteiger partial charge on any atom is 0.272 e. The third kappa shape index (κ3) is 3.47. The molecule has 0 aliphatic rings. The largest absolute Gasteiger partial charge is 0.356 e. The van der Waals surface area contributed by atoms with E-state index in [0.717, 1.165) is 17.8 Å². The Morgan fingerprint density at radius 3 is 2.79 bits per heavy atom. The maximum atomic E-state index is 12.4. The molecule has 0 saturated carbocycles. The zero-order valence-corrected chi connectivity index (χ0v) is 17.4. The summed E-state index contributed by atoms with van der Waals surface area (Å²) < 4.78 is 4.14. The second-order valence-electron chi connectivity index (χ2n) is 6.73. The molecular formula is C19H21N5O2S2. The molecule has 0 bridgehead atoms. The molecule has 1 N–H and O–H groups in total. The van der Waals surface area contributed by atoms with Crippen LogP contribution in [0, 0.1) is 6.92 Å². The number of aromatic nitrogens is 4. The number of aryl methyl sites for hydroxylation is 3. The number of amides is 1. The monoisotopic (exact) mass is 415 g/mol. The summed E-state index contributed by atoms with van der Waals surface area (Å²) in [5.74, 6) is 1.36. The minimum absolute atomic E-state index is 0.0520. The smallest absolute Gasteiger partial charge is 0.272 e. The summed E-state index contributed by atoms with van der Waals surface area (Å²) in [5, 5.41) is 15.4. The molecule has 0 aliphatic carbocycles. The fourth-order valence-corrected chi connectivity index (χ4v) is 5.05. The van der Waals surface area contributed by atoms with Crippen molar-refractivity contribution in [1.82, 2.24) is 24.5 Å². The summed E-state index contributed by atoms with van der Waals surface area (Å²) in [4.78, 5) is 25.8. The molecule has 0 fully saturated rings. The van der Waals surface area contributed by atoms with E-state index < -0.39 is 0 Å². The van der Waals surface area contributed by atoms with E-state index in [1.165, 1.54) is 26.3 Å². The maximum absolute atomic E-state index is 12.4. The highest BCUT2D eigenvalue weighted by Gasteiger charge is 2.15. The van der Waals surface area contributed by atoms with Gasteiger partial charge in [-0.25, -0.2) is 0 Å². The number of rotatable bonds is 7. The topological polar surface area (TPSA) is 81.3 Å². The summed E-state index contributed by atoms with van der Waals surface area (Å²) in [6, 6.07) is 4.02. The average molecular weight is 416 g/mol. The van der Waals surface area contributed by atoms with E-state index in [0.29, 0.717) is 36.3 Å². The van der Waals surface area contributed by atoms with E-state index in [4.69, 9.17) is 0 Å². The summed E-state index contributed by atoms with van der Waals surface area (Å²) in [6.45, 7) is 2.75. The van der Waals surface area contributed by atoms with Crippen LogP contribution in [0.2, 0.25) is 0 Å². The van der Waals surface area contributed by atoms with Crippen molar-refractivity contribution in [3.05, 3.63) is 49.5 Å².